The summed E-state index contributed by atoms with van der Waals surface area (Å²) in [6.45, 7) is 0. The second-order valence-corrected chi connectivity index (χ2v) is 8.94. The molecular formula is C24H30N4O2. The summed E-state index contributed by atoms with van der Waals surface area (Å²) >= 11 is 0. The zero-order chi connectivity index (χ0) is 21.5. The van der Waals surface area contributed by atoms with E-state index in [1.165, 1.54) is 23.8 Å². The number of fused-ring (bicyclic) bond motifs is 1. The van der Waals surface area contributed by atoms with Gasteiger partial charge in [0.1, 0.15) is 0 Å². The van der Waals surface area contributed by atoms with Gasteiger partial charge in [-0.25, -0.2) is 0 Å². The van der Waals surface area contributed by atoms with E-state index in [1.807, 2.05) is 0 Å². The molecule has 2 unspecified atom stereocenters. The van der Waals surface area contributed by atoms with Crippen LogP contribution in [0.25, 0.3) is 10.9 Å². The van der Waals surface area contributed by atoms with Gasteiger partial charge in [0.05, 0.1) is 11.3 Å². The molecule has 30 heavy (non-hydrogen) atoms. The van der Waals surface area contributed by atoms with Crippen molar-refractivity contribution in [3.05, 3.63) is 59.8 Å². The number of benzene rings is 1. The maximum absolute atomic E-state index is 12.4. The number of primary amides is 2. The minimum atomic E-state index is -1.08. The predicted octanol–water partition coefficient (Wildman–Crippen LogP) is 2.61. The third kappa shape index (κ3) is 3.45. The van der Waals surface area contributed by atoms with Crippen LogP contribution in [0.4, 0.5) is 0 Å². The van der Waals surface area contributed by atoms with Gasteiger partial charge in [-0.1, -0.05) is 30.4 Å². The fraction of sp³-hybridized carbons (Fsp3) is 0.417. The fourth-order valence-corrected chi connectivity index (χ4v) is 4.92. The van der Waals surface area contributed by atoms with Gasteiger partial charge in [0.2, 0.25) is 11.8 Å². The van der Waals surface area contributed by atoms with Gasteiger partial charge < -0.3 is 21.4 Å². The Morgan fingerprint density at radius 1 is 1.20 bits per heavy atom. The Hall–Kier alpha value is -2.86. The largest absolute Gasteiger partial charge is 0.369 e. The molecule has 0 saturated heterocycles. The van der Waals surface area contributed by atoms with Gasteiger partial charge in [0.25, 0.3) is 0 Å². The van der Waals surface area contributed by atoms with Crippen molar-refractivity contribution in [2.75, 3.05) is 14.1 Å². The lowest BCUT2D eigenvalue weighted by Gasteiger charge is -2.39. The van der Waals surface area contributed by atoms with Crippen LogP contribution in [-0.2, 0) is 16.0 Å². The first-order valence-electron chi connectivity index (χ1n) is 10.5. The van der Waals surface area contributed by atoms with Crippen LogP contribution in [0.2, 0.25) is 0 Å². The first-order chi connectivity index (χ1) is 14.3. The highest BCUT2D eigenvalue weighted by Crippen LogP contribution is 2.42. The molecule has 0 radical (unpaired) electrons. The molecule has 0 bridgehead atoms. The van der Waals surface area contributed by atoms with E-state index < -0.39 is 23.1 Å². The Kier molecular flexibility index (Phi) is 5.28. The monoisotopic (exact) mass is 406 g/mol. The molecule has 2 aliphatic rings. The molecule has 158 valence electrons. The Balaban J connectivity index is 1.56. The number of rotatable bonds is 7. The average molecular weight is 407 g/mol. The quantitative estimate of drug-likeness (QED) is 0.658. The number of H-pyrrole nitrogens is 1. The number of carbonyl (C=O) groups excluding carboxylic acids is 2. The molecule has 2 aromatic rings. The number of hydrogen-bond donors (Lipinski definition) is 3. The highest BCUT2D eigenvalue weighted by molar-refractivity contribution is 5.92. The van der Waals surface area contributed by atoms with Gasteiger partial charge >= 0.3 is 0 Å². The minimum Gasteiger partial charge on any atom is -0.369 e. The smallest absolute Gasteiger partial charge is 0.228 e. The predicted molar refractivity (Wildman–Crippen MR) is 119 cm³/mol. The number of nitrogens with two attached hydrogens (primary N) is 2. The summed E-state index contributed by atoms with van der Waals surface area (Å²) in [7, 11) is 4.27. The van der Waals surface area contributed by atoms with Gasteiger partial charge in [-0.15, -0.1) is 0 Å². The maximum Gasteiger partial charge on any atom is 0.228 e. The van der Waals surface area contributed by atoms with E-state index in [0.717, 1.165) is 11.1 Å². The van der Waals surface area contributed by atoms with E-state index in [9.17, 15) is 9.59 Å². The van der Waals surface area contributed by atoms with E-state index in [4.69, 9.17) is 11.5 Å². The van der Waals surface area contributed by atoms with Crippen molar-refractivity contribution in [1.82, 2.24) is 9.88 Å². The van der Waals surface area contributed by atoms with Crippen LogP contribution in [0, 0.1) is 11.3 Å². The third-order valence-electron chi connectivity index (χ3n) is 7.02. The summed E-state index contributed by atoms with van der Waals surface area (Å²) < 4.78 is 0. The van der Waals surface area contributed by atoms with E-state index in [-0.39, 0.29) is 0 Å². The van der Waals surface area contributed by atoms with E-state index >= 15 is 0 Å². The van der Waals surface area contributed by atoms with Gasteiger partial charge in [0, 0.05) is 23.1 Å². The molecule has 2 atom stereocenters. The summed E-state index contributed by atoms with van der Waals surface area (Å²) in [6, 6.07) is 7.02. The second kappa shape index (κ2) is 7.76. The van der Waals surface area contributed by atoms with Crippen molar-refractivity contribution in [1.29, 1.82) is 0 Å². The van der Waals surface area contributed by atoms with Crippen molar-refractivity contribution in [3.63, 3.8) is 0 Å². The lowest BCUT2D eigenvalue weighted by molar-refractivity contribution is -0.134. The van der Waals surface area contributed by atoms with Crippen LogP contribution in [0.3, 0.4) is 0 Å². The normalized spacial score (nSPS) is 28.0. The molecule has 1 saturated carbocycles. The molecule has 1 aromatic carbocycles. The molecule has 6 nitrogen and oxygen atoms in total. The lowest BCUT2D eigenvalue weighted by Crippen LogP contribution is -2.47. The van der Waals surface area contributed by atoms with Crippen LogP contribution in [-0.4, -0.2) is 41.8 Å². The SMILES string of the molecule is CN(C)[C@H]1C[C@H](c2c[nH]c3ccc(CCC4(C(N)=O)C=CC=CC4C(N)=O)cc32)C1. The van der Waals surface area contributed by atoms with E-state index in [0.29, 0.717) is 24.8 Å². The standard InChI is InChI=1S/C24H30N4O2/c1-28(2)17-12-16(13-17)19-14-27-21-7-6-15(11-18(19)21)8-10-24(23(26)30)9-4-3-5-20(24)22(25)29/h3-7,9,11,14,16-17,20,27H,8,10,12-13H2,1-2H3,(H2,25,29)(H2,26,30)/t16-,17-,20?,24?. The number of nitrogens with zero attached hydrogens (tertiary/aromatic N) is 1. The molecule has 5 N–H and O–H groups in total. The Labute approximate surface area is 177 Å². The fourth-order valence-electron chi connectivity index (χ4n) is 4.92. The maximum atomic E-state index is 12.4. The van der Waals surface area contributed by atoms with Crippen LogP contribution in [0.5, 0.6) is 0 Å². The lowest BCUT2D eigenvalue weighted by atomic mass is 9.68. The number of nitrogens with one attached hydrogen (secondary N) is 1. The zero-order valence-electron chi connectivity index (χ0n) is 17.6. The average Bonchev–Trinajstić information content (AvgIpc) is 3.08. The third-order valence-corrected chi connectivity index (χ3v) is 7.02. The summed E-state index contributed by atoms with van der Waals surface area (Å²) in [6.07, 6.45) is 12.5. The Bertz CT molecular complexity index is 1030. The number of allylic oxidation sites excluding steroid dienone is 2. The van der Waals surface area contributed by atoms with Crippen molar-refractivity contribution >= 4 is 22.7 Å². The van der Waals surface area contributed by atoms with Gasteiger partial charge in [-0.05, 0) is 69.0 Å². The van der Waals surface area contributed by atoms with Crippen molar-refractivity contribution in [3.8, 4) is 0 Å². The molecule has 1 heterocycles. The van der Waals surface area contributed by atoms with E-state index in [1.54, 1.807) is 24.3 Å². The van der Waals surface area contributed by atoms with Gasteiger partial charge in [-0.3, -0.25) is 9.59 Å². The molecule has 0 aliphatic heterocycles. The van der Waals surface area contributed by atoms with Crippen LogP contribution in [0.15, 0.2) is 48.7 Å². The number of aromatic nitrogens is 1. The second-order valence-electron chi connectivity index (χ2n) is 8.94. The van der Waals surface area contributed by atoms with Crippen LogP contribution >= 0.6 is 0 Å². The number of carbonyl (C=O) groups is 2. The zero-order valence-corrected chi connectivity index (χ0v) is 17.6. The Morgan fingerprint density at radius 2 is 1.97 bits per heavy atom. The van der Waals surface area contributed by atoms with Crippen LogP contribution in [0.1, 0.15) is 36.3 Å². The van der Waals surface area contributed by atoms with Gasteiger partial charge in [-0.2, -0.15) is 0 Å². The van der Waals surface area contributed by atoms with Crippen LogP contribution < -0.4 is 11.5 Å². The molecular weight excluding hydrogens is 376 g/mol. The van der Waals surface area contributed by atoms with E-state index in [2.05, 4.69) is 48.4 Å². The number of amides is 2. The Morgan fingerprint density at radius 3 is 2.63 bits per heavy atom. The molecule has 0 spiro atoms. The molecule has 2 amide bonds. The molecule has 2 aliphatic carbocycles. The highest BCUT2D eigenvalue weighted by Gasteiger charge is 2.44. The van der Waals surface area contributed by atoms with Gasteiger partial charge in [0.15, 0.2) is 0 Å². The number of aromatic amines is 1. The van der Waals surface area contributed by atoms with Crippen molar-refractivity contribution in [2.45, 2.75) is 37.6 Å². The number of hydrogen-bond acceptors (Lipinski definition) is 3. The minimum absolute atomic E-state index is 0.439. The first kappa shape index (κ1) is 20.4. The molecule has 1 fully saturated rings. The summed E-state index contributed by atoms with van der Waals surface area (Å²) in [5.41, 5.74) is 13.9. The summed E-state index contributed by atoms with van der Waals surface area (Å²) in [4.78, 5) is 30.0. The molecule has 1 aromatic heterocycles. The molecule has 4 rings (SSSR count). The topological polar surface area (TPSA) is 105 Å². The first-order valence-corrected chi connectivity index (χ1v) is 10.5. The number of aryl methyl sites for hydroxylation is 1. The highest BCUT2D eigenvalue weighted by atomic mass is 16.2. The summed E-state index contributed by atoms with van der Waals surface area (Å²) in [5.74, 6) is -1.19. The molecule has 6 heteroatoms. The van der Waals surface area contributed by atoms with Crippen molar-refractivity contribution in [2.24, 2.45) is 22.8 Å². The van der Waals surface area contributed by atoms with Crippen molar-refractivity contribution < 1.29 is 9.59 Å². The summed E-state index contributed by atoms with van der Waals surface area (Å²) in [5, 5.41) is 1.24.